The Kier molecular flexibility index (Phi) is 5.02. The molecule has 0 aliphatic carbocycles. The molecule has 0 N–H and O–H groups in total. The maximum atomic E-state index is 13.0. The van der Waals surface area contributed by atoms with Crippen LogP contribution in [0, 0.1) is 5.92 Å². The van der Waals surface area contributed by atoms with Gasteiger partial charge in [-0.25, -0.2) is 0 Å². The van der Waals surface area contributed by atoms with E-state index in [1.165, 1.54) is 5.56 Å². The van der Waals surface area contributed by atoms with Crippen molar-refractivity contribution in [1.29, 1.82) is 0 Å². The minimum Gasteiger partial charge on any atom is -0.341 e. The Morgan fingerprint density at radius 2 is 1.42 bits per heavy atom. The molecule has 5 rings (SSSR count). The van der Waals surface area contributed by atoms with E-state index in [4.69, 9.17) is 0 Å². The van der Waals surface area contributed by atoms with Gasteiger partial charge in [-0.05, 0) is 48.3 Å². The molecular formula is C26H24N2O3. The Balaban J connectivity index is 1.26. The lowest BCUT2D eigenvalue weighted by Gasteiger charge is -2.34. The SMILES string of the molecule is O=C(CN1C(=O)c2cccc3cccc(c23)C1=O)N1CCC(Cc2ccccc2)CC1. The van der Waals surface area contributed by atoms with Crippen molar-refractivity contribution in [2.75, 3.05) is 19.6 Å². The van der Waals surface area contributed by atoms with Crippen LogP contribution in [0.15, 0.2) is 66.7 Å². The molecular weight excluding hydrogens is 388 g/mol. The summed E-state index contributed by atoms with van der Waals surface area (Å²) in [5.74, 6) is -0.385. The maximum Gasteiger partial charge on any atom is 0.261 e. The van der Waals surface area contributed by atoms with Gasteiger partial charge in [0.1, 0.15) is 6.54 Å². The minimum absolute atomic E-state index is 0.161. The van der Waals surface area contributed by atoms with Gasteiger partial charge in [0.25, 0.3) is 11.8 Å². The van der Waals surface area contributed by atoms with Gasteiger partial charge >= 0.3 is 0 Å². The first kappa shape index (κ1) is 19.5. The topological polar surface area (TPSA) is 57.7 Å². The summed E-state index contributed by atoms with van der Waals surface area (Å²) in [6.07, 6.45) is 2.89. The van der Waals surface area contributed by atoms with Gasteiger partial charge in [-0.3, -0.25) is 19.3 Å². The summed E-state index contributed by atoms with van der Waals surface area (Å²) in [6, 6.07) is 21.3. The normalized spacial score (nSPS) is 16.8. The molecule has 3 amide bonds. The number of piperidine rings is 1. The molecule has 0 unspecified atom stereocenters. The molecule has 31 heavy (non-hydrogen) atoms. The average molecular weight is 412 g/mol. The molecule has 2 aliphatic rings. The van der Waals surface area contributed by atoms with E-state index in [2.05, 4.69) is 24.3 Å². The van der Waals surface area contributed by atoms with Crippen LogP contribution < -0.4 is 0 Å². The Morgan fingerprint density at radius 1 is 0.806 bits per heavy atom. The van der Waals surface area contributed by atoms with Gasteiger partial charge in [-0.2, -0.15) is 0 Å². The van der Waals surface area contributed by atoms with E-state index in [-0.39, 0.29) is 24.3 Å². The number of rotatable bonds is 4. The van der Waals surface area contributed by atoms with Crippen LogP contribution in [-0.2, 0) is 11.2 Å². The highest BCUT2D eigenvalue weighted by molar-refractivity contribution is 6.26. The van der Waals surface area contributed by atoms with E-state index in [1.807, 2.05) is 30.3 Å². The number of carbonyl (C=O) groups is 3. The monoisotopic (exact) mass is 412 g/mol. The Hall–Kier alpha value is -3.47. The number of hydrogen-bond donors (Lipinski definition) is 0. The molecule has 0 radical (unpaired) electrons. The van der Waals surface area contributed by atoms with Gasteiger partial charge in [0.05, 0.1) is 0 Å². The molecule has 2 heterocycles. The summed E-state index contributed by atoms with van der Waals surface area (Å²) in [5, 5.41) is 1.55. The minimum atomic E-state index is -0.387. The lowest BCUT2D eigenvalue weighted by molar-refractivity contribution is -0.132. The third kappa shape index (κ3) is 3.61. The molecule has 1 saturated heterocycles. The van der Waals surface area contributed by atoms with Crippen molar-refractivity contribution in [3.05, 3.63) is 83.4 Å². The highest BCUT2D eigenvalue weighted by atomic mass is 16.2. The molecule has 1 fully saturated rings. The van der Waals surface area contributed by atoms with E-state index < -0.39 is 0 Å². The Labute approximate surface area is 181 Å². The van der Waals surface area contributed by atoms with Crippen molar-refractivity contribution in [3.8, 4) is 0 Å². The second-order valence-electron chi connectivity index (χ2n) is 8.42. The maximum absolute atomic E-state index is 13.0. The summed E-state index contributed by atoms with van der Waals surface area (Å²) >= 11 is 0. The standard InChI is InChI=1S/C26H24N2O3/c29-23(27-14-12-19(13-15-27)16-18-6-2-1-3-7-18)17-28-25(30)21-10-4-8-20-9-5-11-22(24(20)21)26(28)31/h1-11,19H,12-17H2. The van der Waals surface area contributed by atoms with Crippen molar-refractivity contribution in [3.63, 3.8) is 0 Å². The Bertz CT molecular complexity index is 1110. The first-order chi connectivity index (χ1) is 15.1. The average Bonchev–Trinajstić information content (AvgIpc) is 2.81. The molecule has 0 saturated carbocycles. The predicted molar refractivity (Wildman–Crippen MR) is 119 cm³/mol. The van der Waals surface area contributed by atoms with Crippen molar-refractivity contribution in [2.24, 2.45) is 5.92 Å². The van der Waals surface area contributed by atoms with Gasteiger partial charge in [0.15, 0.2) is 0 Å². The fourth-order valence-electron chi connectivity index (χ4n) is 4.79. The molecule has 5 heteroatoms. The summed E-state index contributed by atoms with van der Waals surface area (Å²) in [7, 11) is 0. The number of likely N-dealkylation sites (tertiary alicyclic amines) is 1. The molecule has 2 aliphatic heterocycles. The van der Waals surface area contributed by atoms with Gasteiger partial charge in [0, 0.05) is 29.6 Å². The van der Waals surface area contributed by atoms with Crippen LogP contribution in [0.1, 0.15) is 39.1 Å². The van der Waals surface area contributed by atoms with Crippen LogP contribution in [0.4, 0.5) is 0 Å². The van der Waals surface area contributed by atoms with Crippen LogP contribution in [0.3, 0.4) is 0 Å². The zero-order chi connectivity index (χ0) is 21.4. The number of amides is 3. The summed E-state index contributed by atoms with van der Waals surface area (Å²) in [4.78, 5) is 41.9. The predicted octanol–water partition coefficient (Wildman–Crippen LogP) is 3.92. The first-order valence-electron chi connectivity index (χ1n) is 10.8. The van der Waals surface area contributed by atoms with Crippen molar-refractivity contribution in [2.45, 2.75) is 19.3 Å². The van der Waals surface area contributed by atoms with Crippen molar-refractivity contribution < 1.29 is 14.4 Å². The third-order valence-electron chi connectivity index (χ3n) is 6.48. The van der Waals surface area contributed by atoms with E-state index in [9.17, 15) is 14.4 Å². The van der Waals surface area contributed by atoms with Crippen molar-refractivity contribution >= 4 is 28.5 Å². The van der Waals surface area contributed by atoms with Gasteiger partial charge in [-0.1, -0.05) is 54.6 Å². The number of imide groups is 1. The molecule has 0 bridgehead atoms. The number of carbonyl (C=O) groups excluding carboxylic acids is 3. The third-order valence-corrected chi connectivity index (χ3v) is 6.48. The quantitative estimate of drug-likeness (QED) is 0.611. The lowest BCUT2D eigenvalue weighted by atomic mass is 9.90. The molecule has 156 valence electrons. The first-order valence-corrected chi connectivity index (χ1v) is 10.8. The molecule has 0 spiro atoms. The largest absolute Gasteiger partial charge is 0.341 e. The van der Waals surface area contributed by atoms with Crippen LogP contribution in [0.5, 0.6) is 0 Å². The second kappa shape index (κ2) is 7.99. The van der Waals surface area contributed by atoms with Gasteiger partial charge in [0.2, 0.25) is 5.91 Å². The number of hydrogen-bond acceptors (Lipinski definition) is 3. The lowest BCUT2D eigenvalue weighted by Crippen LogP contribution is -2.49. The molecule has 3 aromatic rings. The summed E-state index contributed by atoms with van der Waals surface area (Å²) < 4.78 is 0. The number of benzene rings is 3. The molecule has 5 nitrogen and oxygen atoms in total. The summed E-state index contributed by atoms with van der Waals surface area (Å²) in [5.41, 5.74) is 2.30. The second-order valence-corrected chi connectivity index (χ2v) is 8.42. The zero-order valence-electron chi connectivity index (χ0n) is 17.3. The van der Waals surface area contributed by atoms with E-state index >= 15 is 0 Å². The van der Waals surface area contributed by atoms with E-state index in [1.54, 1.807) is 17.0 Å². The van der Waals surface area contributed by atoms with Crippen LogP contribution in [-0.4, -0.2) is 47.2 Å². The summed E-state index contributed by atoms with van der Waals surface area (Å²) in [6.45, 7) is 1.13. The molecule has 0 atom stereocenters. The highest BCUT2D eigenvalue weighted by Gasteiger charge is 2.35. The van der Waals surface area contributed by atoms with E-state index in [0.717, 1.165) is 29.5 Å². The van der Waals surface area contributed by atoms with Crippen LogP contribution in [0.25, 0.3) is 10.8 Å². The van der Waals surface area contributed by atoms with Crippen LogP contribution >= 0.6 is 0 Å². The molecule has 3 aromatic carbocycles. The van der Waals surface area contributed by atoms with Crippen molar-refractivity contribution in [1.82, 2.24) is 9.80 Å². The highest BCUT2D eigenvalue weighted by Crippen LogP contribution is 2.30. The van der Waals surface area contributed by atoms with E-state index in [0.29, 0.717) is 35.5 Å². The van der Waals surface area contributed by atoms with Gasteiger partial charge in [-0.15, -0.1) is 0 Å². The fourth-order valence-corrected chi connectivity index (χ4v) is 4.79. The Morgan fingerprint density at radius 3 is 2.03 bits per heavy atom. The number of nitrogens with zero attached hydrogens (tertiary/aromatic N) is 2. The van der Waals surface area contributed by atoms with Crippen LogP contribution in [0.2, 0.25) is 0 Å². The zero-order valence-corrected chi connectivity index (χ0v) is 17.3. The molecule has 0 aromatic heterocycles. The smallest absolute Gasteiger partial charge is 0.261 e. The van der Waals surface area contributed by atoms with Gasteiger partial charge < -0.3 is 4.90 Å². The fraction of sp³-hybridized carbons (Fsp3) is 0.269.